The van der Waals surface area contributed by atoms with Crippen LogP contribution in [0, 0.1) is 5.92 Å². The van der Waals surface area contributed by atoms with E-state index in [4.69, 9.17) is 11.6 Å². The summed E-state index contributed by atoms with van der Waals surface area (Å²) in [5.41, 5.74) is 2.65. The summed E-state index contributed by atoms with van der Waals surface area (Å²) in [7, 11) is 0. The van der Waals surface area contributed by atoms with E-state index in [-0.39, 0.29) is 0 Å². The highest BCUT2D eigenvalue weighted by Gasteiger charge is 2.44. The Kier molecular flexibility index (Phi) is 4.68. The van der Waals surface area contributed by atoms with Gasteiger partial charge in [0.1, 0.15) is 0 Å². The van der Waals surface area contributed by atoms with Crippen LogP contribution in [-0.4, -0.2) is 6.54 Å². The SMILES string of the molecule is CCNC(c1cc(Br)ccc1Cl)C1CC1c1ccccc1. The van der Waals surface area contributed by atoms with E-state index in [2.05, 4.69) is 64.6 Å². The van der Waals surface area contributed by atoms with Gasteiger partial charge in [0.05, 0.1) is 0 Å². The Hall–Kier alpha value is -0.830. The topological polar surface area (TPSA) is 12.0 Å². The highest BCUT2D eigenvalue weighted by atomic mass is 79.9. The normalized spacial score (nSPS) is 22.0. The summed E-state index contributed by atoms with van der Waals surface area (Å²) in [6.07, 6.45) is 1.23. The number of rotatable bonds is 5. The fraction of sp³-hybridized carbons (Fsp3) is 0.333. The van der Waals surface area contributed by atoms with Crippen LogP contribution in [0.25, 0.3) is 0 Å². The summed E-state index contributed by atoms with van der Waals surface area (Å²) in [6.45, 7) is 3.10. The molecular formula is C18H19BrClN. The number of hydrogen-bond donors (Lipinski definition) is 1. The van der Waals surface area contributed by atoms with Crippen molar-refractivity contribution in [3.05, 3.63) is 69.2 Å². The van der Waals surface area contributed by atoms with Crippen molar-refractivity contribution in [2.24, 2.45) is 5.92 Å². The second kappa shape index (κ2) is 6.51. The smallest absolute Gasteiger partial charge is 0.0454 e. The second-order valence-corrected chi connectivity index (χ2v) is 6.94. The first-order valence-corrected chi connectivity index (χ1v) is 8.61. The Morgan fingerprint density at radius 2 is 2.00 bits per heavy atom. The first-order valence-electron chi connectivity index (χ1n) is 7.44. The standard InChI is InChI=1S/C18H19BrClN/c1-2-21-18(16-10-13(19)8-9-17(16)20)15-11-14(15)12-6-4-3-5-7-12/h3-10,14-15,18,21H,2,11H2,1H3. The lowest BCUT2D eigenvalue weighted by Gasteiger charge is -2.20. The first kappa shape index (κ1) is 15.1. The van der Waals surface area contributed by atoms with E-state index < -0.39 is 0 Å². The Labute approximate surface area is 139 Å². The van der Waals surface area contributed by atoms with Gasteiger partial charge in [0.2, 0.25) is 0 Å². The van der Waals surface area contributed by atoms with Gasteiger partial charge in [-0.2, -0.15) is 0 Å². The molecule has 1 aliphatic carbocycles. The molecule has 2 aromatic rings. The van der Waals surface area contributed by atoms with E-state index in [1.54, 1.807) is 0 Å². The van der Waals surface area contributed by atoms with Crippen LogP contribution in [0.4, 0.5) is 0 Å². The van der Waals surface area contributed by atoms with E-state index in [0.29, 0.717) is 17.9 Å². The van der Waals surface area contributed by atoms with Crippen LogP contribution in [0.5, 0.6) is 0 Å². The van der Waals surface area contributed by atoms with Gasteiger partial charge in [0.15, 0.2) is 0 Å². The fourth-order valence-electron chi connectivity index (χ4n) is 3.13. The average molecular weight is 365 g/mol. The van der Waals surface area contributed by atoms with Crippen molar-refractivity contribution < 1.29 is 0 Å². The van der Waals surface area contributed by atoms with Crippen molar-refractivity contribution in [3.63, 3.8) is 0 Å². The molecule has 1 N–H and O–H groups in total. The van der Waals surface area contributed by atoms with Gasteiger partial charge in [-0.3, -0.25) is 0 Å². The van der Waals surface area contributed by atoms with Crippen molar-refractivity contribution in [2.75, 3.05) is 6.54 Å². The molecule has 0 bridgehead atoms. The Bertz CT molecular complexity index is 614. The zero-order valence-corrected chi connectivity index (χ0v) is 14.4. The van der Waals surface area contributed by atoms with Crippen molar-refractivity contribution >= 4 is 27.5 Å². The van der Waals surface area contributed by atoms with Gasteiger partial charge < -0.3 is 5.32 Å². The molecule has 3 atom stereocenters. The predicted octanol–water partition coefficient (Wildman–Crippen LogP) is 5.56. The maximum Gasteiger partial charge on any atom is 0.0454 e. The largest absolute Gasteiger partial charge is 0.310 e. The summed E-state index contributed by atoms with van der Waals surface area (Å²) < 4.78 is 1.08. The summed E-state index contributed by atoms with van der Waals surface area (Å²) in [6, 6.07) is 17.2. The van der Waals surface area contributed by atoms with Gasteiger partial charge in [-0.1, -0.05) is 64.8 Å². The molecule has 1 nitrogen and oxygen atoms in total. The van der Waals surface area contributed by atoms with Crippen LogP contribution in [0.3, 0.4) is 0 Å². The third-order valence-electron chi connectivity index (χ3n) is 4.21. The monoisotopic (exact) mass is 363 g/mol. The molecule has 3 heteroatoms. The van der Waals surface area contributed by atoms with Crippen molar-refractivity contribution in [3.8, 4) is 0 Å². The number of nitrogens with one attached hydrogen (secondary N) is 1. The average Bonchev–Trinajstić information content (AvgIpc) is 3.29. The lowest BCUT2D eigenvalue weighted by Crippen LogP contribution is -2.23. The fourth-order valence-corrected chi connectivity index (χ4v) is 3.75. The van der Waals surface area contributed by atoms with Gasteiger partial charge in [-0.15, -0.1) is 0 Å². The minimum Gasteiger partial charge on any atom is -0.310 e. The zero-order valence-electron chi connectivity index (χ0n) is 12.0. The maximum absolute atomic E-state index is 6.43. The van der Waals surface area contributed by atoms with Gasteiger partial charge in [0, 0.05) is 15.5 Å². The number of halogens is 2. The van der Waals surface area contributed by atoms with Crippen LogP contribution < -0.4 is 5.32 Å². The van der Waals surface area contributed by atoms with E-state index in [1.165, 1.54) is 17.5 Å². The summed E-state index contributed by atoms with van der Waals surface area (Å²) in [4.78, 5) is 0. The zero-order chi connectivity index (χ0) is 14.8. The van der Waals surface area contributed by atoms with Gasteiger partial charge in [-0.05, 0) is 54.1 Å². The summed E-state index contributed by atoms with van der Waals surface area (Å²) in [5, 5.41) is 4.47. The lowest BCUT2D eigenvalue weighted by molar-refractivity contribution is 0.487. The molecule has 0 aromatic heterocycles. The van der Waals surface area contributed by atoms with Crippen molar-refractivity contribution in [2.45, 2.75) is 25.3 Å². The Balaban J connectivity index is 1.85. The quantitative estimate of drug-likeness (QED) is 0.732. The number of hydrogen-bond acceptors (Lipinski definition) is 1. The van der Waals surface area contributed by atoms with Crippen LogP contribution >= 0.6 is 27.5 Å². The molecule has 1 fully saturated rings. The molecule has 3 rings (SSSR count). The van der Waals surface area contributed by atoms with Crippen molar-refractivity contribution in [1.82, 2.24) is 5.32 Å². The molecule has 2 aromatic carbocycles. The Morgan fingerprint density at radius 1 is 1.24 bits per heavy atom. The first-order chi connectivity index (χ1) is 10.2. The van der Waals surface area contributed by atoms with Crippen LogP contribution in [0.2, 0.25) is 5.02 Å². The van der Waals surface area contributed by atoms with E-state index in [0.717, 1.165) is 16.0 Å². The molecule has 21 heavy (non-hydrogen) atoms. The van der Waals surface area contributed by atoms with Gasteiger partial charge >= 0.3 is 0 Å². The van der Waals surface area contributed by atoms with Crippen LogP contribution in [0.1, 0.15) is 36.4 Å². The molecule has 0 saturated heterocycles. The molecule has 1 aliphatic rings. The van der Waals surface area contributed by atoms with E-state index >= 15 is 0 Å². The minimum absolute atomic E-state index is 0.324. The summed E-state index contributed by atoms with van der Waals surface area (Å²) in [5.74, 6) is 1.27. The minimum atomic E-state index is 0.324. The van der Waals surface area contributed by atoms with E-state index in [9.17, 15) is 0 Å². The van der Waals surface area contributed by atoms with Gasteiger partial charge in [-0.25, -0.2) is 0 Å². The number of benzene rings is 2. The highest BCUT2D eigenvalue weighted by Crippen LogP contribution is 2.54. The molecule has 1 saturated carbocycles. The summed E-state index contributed by atoms with van der Waals surface area (Å²) >= 11 is 9.99. The molecule has 0 aliphatic heterocycles. The highest BCUT2D eigenvalue weighted by molar-refractivity contribution is 9.10. The molecular weight excluding hydrogens is 346 g/mol. The van der Waals surface area contributed by atoms with Crippen molar-refractivity contribution in [1.29, 1.82) is 0 Å². The maximum atomic E-state index is 6.43. The second-order valence-electron chi connectivity index (χ2n) is 5.62. The third kappa shape index (κ3) is 3.33. The molecule has 0 amide bonds. The Morgan fingerprint density at radius 3 is 2.71 bits per heavy atom. The molecule has 0 spiro atoms. The van der Waals surface area contributed by atoms with Crippen LogP contribution in [0.15, 0.2) is 53.0 Å². The molecule has 0 heterocycles. The lowest BCUT2D eigenvalue weighted by atomic mass is 9.98. The van der Waals surface area contributed by atoms with Gasteiger partial charge in [0.25, 0.3) is 0 Å². The molecule has 3 unspecified atom stereocenters. The predicted molar refractivity (Wildman–Crippen MR) is 92.9 cm³/mol. The van der Waals surface area contributed by atoms with Crippen LogP contribution in [-0.2, 0) is 0 Å². The third-order valence-corrected chi connectivity index (χ3v) is 5.05. The van der Waals surface area contributed by atoms with E-state index in [1.807, 2.05) is 12.1 Å². The molecule has 0 radical (unpaired) electrons. The molecule has 110 valence electrons.